The van der Waals surface area contributed by atoms with Gasteiger partial charge in [-0.2, -0.15) is 0 Å². The van der Waals surface area contributed by atoms with Crippen molar-refractivity contribution in [3.8, 4) is 34.7 Å². The molecule has 3 aromatic rings. The summed E-state index contributed by atoms with van der Waals surface area (Å²) < 4.78 is 13.5. The summed E-state index contributed by atoms with van der Waals surface area (Å²) in [6.07, 6.45) is 8.85. The predicted octanol–water partition coefficient (Wildman–Crippen LogP) is 3.51. The van der Waals surface area contributed by atoms with Gasteiger partial charge in [0.25, 0.3) is 0 Å². The van der Waals surface area contributed by atoms with Gasteiger partial charge in [-0.25, -0.2) is 9.37 Å². The molecule has 0 saturated heterocycles. The standard InChI is InChI=1S/C18H12FN3/c1-2-12-10-16(14-6-4-8-21-11-14)17(22-18(12)20)13-5-3-7-15(19)9-13/h1,3-11H,(H2,20,22). The number of hydrogen-bond donors (Lipinski definition) is 1. The summed E-state index contributed by atoms with van der Waals surface area (Å²) in [4.78, 5) is 8.48. The molecule has 0 bridgehead atoms. The van der Waals surface area contributed by atoms with Crippen molar-refractivity contribution in [3.05, 3.63) is 66.2 Å². The molecule has 0 unspecified atom stereocenters. The highest BCUT2D eigenvalue weighted by atomic mass is 19.1. The lowest BCUT2D eigenvalue weighted by Crippen LogP contribution is -1.99. The fourth-order valence-electron chi connectivity index (χ4n) is 2.24. The minimum atomic E-state index is -0.337. The average molecular weight is 289 g/mol. The molecule has 3 nitrogen and oxygen atoms in total. The minimum Gasteiger partial charge on any atom is -0.383 e. The van der Waals surface area contributed by atoms with Crippen LogP contribution < -0.4 is 5.73 Å². The highest BCUT2D eigenvalue weighted by molar-refractivity contribution is 5.83. The smallest absolute Gasteiger partial charge is 0.139 e. The third-order valence-corrected chi connectivity index (χ3v) is 3.28. The van der Waals surface area contributed by atoms with Crippen LogP contribution >= 0.6 is 0 Å². The third-order valence-electron chi connectivity index (χ3n) is 3.28. The van der Waals surface area contributed by atoms with Gasteiger partial charge in [-0.05, 0) is 24.3 Å². The van der Waals surface area contributed by atoms with Crippen LogP contribution in [0.4, 0.5) is 10.2 Å². The molecule has 3 rings (SSSR count). The molecule has 0 aliphatic heterocycles. The number of aromatic nitrogens is 2. The second-order valence-corrected chi connectivity index (χ2v) is 4.71. The van der Waals surface area contributed by atoms with Crippen LogP contribution in [-0.2, 0) is 0 Å². The number of rotatable bonds is 2. The Kier molecular flexibility index (Phi) is 3.55. The molecule has 0 aliphatic carbocycles. The zero-order chi connectivity index (χ0) is 15.5. The number of nitrogens with zero attached hydrogens (tertiary/aromatic N) is 2. The Morgan fingerprint density at radius 3 is 2.59 bits per heavy atom. The zero-order valence-corrected chi connectivity index (χ0v) is 11.6. The van der Waals surface area contributed by atoms with E-state index in [1.54, 1.807) is 30.6 Å². The van der Waals surface area contributed by atoms with Crippen LogP contribution in [0.15, 0.2) is 54.9 Å². The van der Waals surface area contributed by atoms with Crippen LogP contribution in [0.1, 0.15) is 5.56 Å². The van der Waals surface area contributed by atoms with Crippen molar-refractivity contribution in [2.75, 3.05) is 5.73 Å². The molecular weight excluding hydrogens is 277 g/mol. The van der Waals surface area contributed by atoms with Crippen LogP contribution in [-0.4, -0.2) is 9.97 Å². The number of pyridine rings is 2. The fraction of sp³-hybridized carbons (Fsp3) is 0. The molecule has 4 heteroatoms. The first kappa shape index (κ1) is 13.8. The molecule has 2 N–H and O–H groups in total. The molecule has 1 aromatic carbocycles. The van der Waals surface area contributed by atoms with Crippen LogP contribution in [0.25, 0.3) is 22.4 Å². The van der Waals surface area contributed by atoms with Crippen LogP contribution in [0.2, 0.25) is 0 Å². The first-order valence-electron chi connectivity index (χ1n) is 6.62. The SMILES string of the molecule is C#Cc1cc(-c2cccnc2)c(-c2cccc(F)c2)nc1N. The van der Waals surface area contributed by atoms with E-state index in [2.05, 4.69) is 15.9 Å². The highest BCUT2D eigenvalue weighted by Gasteiger charge is 2.13. The van der Waals surface area contributed by atoms with Crippen molar-refractivity contribution >= 4 is 5.82 Å². The first-order valence-corrected chi connectivity index (χ1v) is 6.62. The molecule has 0 amide bonds. The molecule has 106 valence electrons. The Balaban J connectivity index is 2.29. The van der Waals surface area contributed by atoms with E-state index < -0.39 is 0 Å². The summed E-state index contributed by atoms with van der Waals surface area (Å²) >= 11 is 0. The minimum absolute atomic E-state index is 0.245. The molecule has 0 aliphatic rings. The summed E-state index contributed by atoms with van der Waals surface area (Å²) in [5, 5.41) is 0. The maximum atomic E-state index is 13.5. The van der Waals surface area contributed by atoms with Gasteiger partial charge in [-0.1, -0.05) is 24.1 Å². The normalized spacial score (nSPS) is 10.2. The van der Waals surface area contributed by atoms with Crippen molar-refractivity contribution in [2.24, 2.45) is 0 Å². The summed E-state index contributed by atoms with van der Waals surface area (Å²) in [5.41, 5.74) is 9.20. The molecule has 0 radical (unpaired) electrons. The van der Waals surface area contributed by atoms with E-state index in [0.29, 0.717) is 16.8 Å². The Morgan fingerprint density at radius 2 is 1.91 bits per heavy atom. The average Bonchev–Trinajstić information content (AvgIpc) is 2.55. The van der Waals surface area contributed by atoms with Crippen molar-refractivity contribution in [2.45, 2.75) is 0 Å². The van der Waals surface area contributed by atoms with E-state index in [1.807, 2.05) is 12.1 Å². The topological polar surface area (TPSA) is 51.8 Å². The maximum Gasteiger partial charge on any atom is 0.139 e. The molecule has 0 saturated carbocycles. The molecule has 22 heavy (non-hydrogen) atoms. The van der Waals surface area contributed by atoms with E-state index in [-0.39, 0.29) is 11.6 Å². The van der Waals surface area contributed by atoms with Gasteiger partial charge in [0, 0.05) is 29.1 Å². The molecule has 0 spiro atoms. The Hall–Kier alpha value is -3.19. The maximum absolute atomic E-state index is 13.5. The van der Waals surface area contributed by atoms with Gasteiger partial charge in [-0.15, -0.1) is 6.42 Å². The molecule has 2 aromatic heterocycles. The van der Waals surface area contributed by atoms with Gasteiger partial charge in [-0.3, -0.25) is 4.98 Å². The van der Waals surface area contributed by atoms with Gasteiger partial charge < -0.3 is 5.73 Å². The van der Waals surface area contributed by atoms with E-state index in [4.69, 9.17) is 12.2 Å². The van der Waals surface area contributed by atoms with Crippen LogP contribution in [0, 0.1) is 18.2 Å². The number of terminal acetylenes is 1. The first-order chi connectivity index (χ1) is 10.7. The third kappa shape index (κ3) is 2.52. The number of hydrogen-bond acceptors (Lipinski definition) is 3. The summed E-state index contributed by atoms with van der Waals surface area (Å²) in [5.74, 6) is 2.42. The van der Waals surface area contributed by atoms with Gasteiger partial charge in [0.05, 0.1) is 11.3 Å². The molecule has 0 atom stereocenters. The largest absolute Gasteiger partial charge is 0.383 e. The Morgan fingerprint density at radius 1 is 1.09 bits per heavy atom. The van der Waals surface area contributed by atoms with Gasteiger partial charge in [0.2, 0.25) is 0 Å². The number of benzene rings is 1. The quantitative estimate of drug-likeness (QED) is 0.734. The Bertz CT molecular complexity index is 867. The van der Waals surface area contributed by atoms with E-state index in [0.717, 1.165) is 11.1 Å². The lowest BCUT2D eigenvalue weighted by molar-refractivity contribution is 0.628. The van der Waals surface area contributed by atoms with E-state index in [1.165, 1.54) is 12.1 Å². The Labute approximate surface area is 127 Å². The van der Waals surface area contributed by atoms with Gasteiger partial charge in [0.1, 0.15) is 11.6 Å². The van der Waals surface area contributed by atoms with Crippen LogP contribution in [0.5, 0.6) is 0 Å². The lowest BCUT2D eigenvalue weighted by Gasteiger charge is -2.11. The zero-order valence-electron chi connectivity index (χ0n) is 11.6. The van der Waals surface area contributed by atoms with Crippen molar-refractivity contribution in [3.63, 3.8) is 0 Å². The second kappa shape index (κ2) is 5.66. The second-order valence-electron chi connectivity index (χ2n) is 4.71. The number of nitrogen functional groups attached to an aromatic ring is 1. The summed E-state index contributed by atoms with van der Waals surface area (Å²) in [6, 6.07) is 11.7. The lowest BCUT2D eigenvalue weighted by atomic mass is 9.98. The number of halogens is 1. The fourth-order valence-corrected chi connectivity index (χ4v) is 2.24. The van der Waals surface area contributed by atoms with Crippen LogP contribution in [0.3, 0.4) is 0 Å². The van der Waals surface area contributed by atoms with Crippen molar-refractivity contribution in [1.82, 2.24) is 9.97 Å². The summed E-state index contributed by atoms with van der Waals surface area (Å²) in [7, 11) is 0. The van der Waals surface area contributed by atoms with Gasteiger partial charge >= 0.3 is 0 Å². The highest BCUT2D eigenvalue weighted by Crippen LogP contribution is 2.32. The number of anilines is 1. The number of nitrogens with two attached hydrogens (primary N) is 1. The molecule has 0 fully saturated rings. The molecule has 2 heterocycles. The monoisotopic (exact) mass is 289 g/mol. The van der Waals surface area contributed by atoms with E-state index >= 15 is 0 Å². The molecular formula is C18H12FN3. The predicted molar refractivity (Wildman–Crippen MR) is 85.2 cm³/mol. The van der Waals surface area contributed by atoms with Crippen molar-refractivity contribution < 1.29 is 4.39 Å². The van der Waals surface area contributed by atoms with Gasteiger partial charge in [0.15, 0.2) is 0 Å². The van der Waals surface area contributed by atoms with Crippen molar-refractivity contribution in [1.29, 1.82) is 0 Å². The van der Waals surface area contributed by atoms with E-state index in [9.17, 15) is 4.39 Å². The summed E-state index contributed by atoms with van der Waals surface area (Å²) in [6.45, 7) is 0.